The molecule has 0 aliphatic carbocycles. The van der Waals surface area contributed by atoms with Crippen molar-refractivity contribution in [3.63, 3.8) is 0 Å². The Hall–Kier alpha value is -3.51. The van der Waals surface area contributed by atoms with Gasteiger partial charge in [0.05, 0.1) is 17.2 Å². The van der Waals surface area contributed by atoms with Crippen LogP contribution in [0.4, 0.5) is 36.8 Å². The third-order valence-electron chi connectivity index (χ3n) is 5.37. The maximum atomic E-state index is 14.3. The lowest BCUT2D eigenvalue weighted by atomic mass is 10.1. The Labute approximate surface area is 208 Å². The Balaban J connectivity index is 1.87. The quantitative estimate of drug-likeness (QED) is 0.369. The van der Waals surface area contributed by atoms with E-state index in [2.05, 4.69) is 10.3 Å². The number of hydrogen-bond acceptors (Lipinski definition) is 5. The number of likely N-dealkylation sites (tertiary alicyclic amines) is 1. The molecule has 1 saturated heterocycles. The lowest BCUT2D eigenvalue weighted by Gasteiger charge is -2.29. The molecule has 1 aliphatic heterocycles. The predicted octanol–water partition coefficient (Wildman–Crippen LogP) is 5.91. The van der Waals surface area contributed by atoms with Gasteiger partial charge in [0.1, 0.15) is 18.0 Å². The zero-order valence-electron chi connectivity index (χ0n) is 20.2. The molecule has 202 valence electrons. The maximum Gasteiger partial charge on any atom is 0.458 e. The van der Waals surface area contributed by atoms with E-state index in [4.69, 9.17) is 9.47 Å². The van der Waals surface area contributed by atoms with Gasteiger partial charge in [-0.1, -0.05) is 0 Å². The zero-order chi connectivity index (χ0) is 27.6. The second kappa shape index (κ2) is 10.5. The fraction of sp³-hybridized carbons (Fsp3) is 0.458. The second-order valence-corrected chi connectivity index (χ2v) is 9.36. The highest BCUT2D eigenvalue weighted by Gasteiger charge is 2.60. The molecular weight excluding hydrogens is 508 g/mol. The van der Waals surface area contributed by atoms with E-state index in [1.807, 2.05) is 0 Å². The number of rotatable bonds is 6. The predicted molar refractivity (Wildman–Crippen MR) is 120 cm³/mol. The first kappa shape index (κ1) is 28.1. The molecule has 13 heteroatoms. The average molecular weight is 533 g/mol. The molecule has 1 fully saturated rings. The molecular formula is C24H25F6N3O4. The molecule has 1 aromatic carbocycles. The molecule has 0 bridgehead atoms. The summed E-state index contributed by atoms with van der Waals surface area (Å²) < 4.78 is 92.6. The Bertz CT molecular complexity index is 1150. The number of pyridine rings is 1. The Morgan fingerprint density at radius 2 is 1.84 bits per heavy atom. The van der Waals surface area contributed by atoms with E-state index in [-0.39, 0.29) is 5.69 Å². The van der Waals surface area contributed by atoms with E-state index < -0.39 is 65.2 Å². The van der Waals surface area contributed by atoms with Gasteiger partial charge in [-0.25, -0.2) is 9.78 Å². The summed E-state index contributed by atoms with van der Waals surface area (Å²) in [7, 11) is 0. The normalized spacial score (nSPS) is 16.5. The van der Waals surface area contributed by atoms with Gasteiger partial charge in [0, 0.05) is 24.5 Å². The van der Waals surface area contributed by atoms with Crippen molar-refractivity contribution >= 4 is 17.7 Å². The molecule has 1 aromatic heterocycles. The first-order valence-electron chi connectivity index (χ1n) is 11.2. The molecule has 3 rings (SSSR count). The molecule has 2 aromatic rings. The number of aromatic nitrogens is 1. The van der Waals surface area contributed by atoms with Gasteiger partial charge in [-0.15, -0.1) is 0 Å². The highest BCUT2D eigenvalue weighted by Crippen LogP contribution is 2.47. The number of benzene rings is 1. The van der Waals surface area contributed by atoms with Crippen molar-refractivity contribution in [1.29, 1.82) is 0 Å². The van der Waals surface area contributed by atoms with Crippen molar-refractivity contribution in [2.45, 2.75) is 57.4 Å². The lowest BCUT2D eigenvalue weighted by Crippen LogP contribution is -2.42. The monoisotopic (exact) mass is 533 g/mol. The number of ether oxygens (including phenoxy) is 2. The number of alkyl halides is 5. The third kappa shape index (κ3) is 6.63. The van der Waals surface area contributed by atoms with Crippen molar-refractivity contribution in [3.05, 3.63) is 53.6 Å². The third-order valence-corrected chi connectivity index (χ3v) is 5.37. The molecule has 1 N–H and O–H groups in total. The molecule has 1 aliphatic rings. The smallest absolute Gasteiger partial charge is 0.458 e. The van der Waals surface area contributed by atoms with Crippen LogP contribution >= 0.6 is 0 Å². The lowest BCUT2D eigenvalue weighted by molar-refractivity contribution is -0.289. The number of anilines is 1. The van der Waals surface area contributed by atoms with Crippen LogP contribution in [0.2, 0.25) is 0 Å². The van der Waals surface area contributed by atoms with E-state index in [0.717, 1.165) is 24.4 Å². The van der Waals surface area contributed by atoms with Crippen LogP contribution in [0.15, 0.2) is 36.5 Å². The van der Waals surface area contributed by atoms with Crippen LogP contribution < -0.4 is 10.1 Å². The van der Waals surface area contributed by atoms with Gasteiger partial charge in [0.25, 0.3) is 5.91 Å². The van der Waals surface area contributed by atoms with Crippen molar-refractivity contribution in [2.24, 2.45) is 0 Å². The largest absolute Gasteiger partial charge is 0.491 e. The number of carbonyl (C=O) groups excluding carboxylic acids is 2. The maximum absolute atomic E-state index is 14.3. The molecule has 2 heterocycles. The summed E-state index contributed by atoms with van der Waals surface area (Å²) >= 11 is 0. The van der Waals surface area contributed by atoms with E-state index >= 15 is 0 Å². The van der Waals surface area contributed by atoms with Gasteiger partial charge in [-0.3, -0.25) is 4.79 Å². The van der Waals surface area contributed by atoms with Gasteiger partial charge in [-0.05, 0) is 57.9 Å². The van der Waals surface area contributed by atoms with E-state index in [9.17, 15) is 35.9 Å². The van der Waals surface area contributed by atoms with Crippen LogP contribution in [0, 0.1) is 5.95 Å². The summed E-state index contributed by atoms with van der Waals surface area (Å²) in [6.45, 7) is 4.87. The fourth-order valence-corrected chi connectivity index (χ4v) is 3.64. The van der Waals surface area contributed by atoms with Gasteiger partial charge in [0.15, 0.2) is 0 Å². The molecule has 0 radical (unpaired) electrons. The van der Waals surface area contributed by atoms with Crippen LogP contribution in [-0.2, 0) is 10.7 Å². The second-order valence-electron chi connectivity index (χ2n) is 9.36. The molecule has 0 saturated carbocycles. The average Bonchev–Trinajstić information content (AvgIpc) is 3.25. The van der Waals surface area contributed by atoms with Crippen LogP contribution in [0.5, 0.6) is 5.75 Å². The van der Waals surface area contributed by atoms with Crippen LogP contribution in [0.25, 0.3) is 0 Å². The minimum Gasteiger partial charge on any atom is -0.491 e. The first-order chi connectivity index (χ1) is 17.1. The minimum atomic E-state index is -5.93. The number of nitrogens with zero attached hydrogens (tertiary/aromatic N) is 2. The molecule has 1 unspecified atom stereocenters. The fourth-order valence-electron chi connectivity index (χ4n) is 3.64. The Kier molecular flexibility index (Phi) is 7.94. The Morgan fingerprint density at radius 3 is 2.46 bits per heavy atom. The minimum absolute atomic E-state index is 0.222. The summed E-state index contributed by atoms with van der Waals surface area (Å²) in [6.07, 6.45) is -4.54. The van der Waals surface area contributed by atoms with E-state index in [1.54, 1.807) is 20.8 Å². The van der Waals surface area contributed by atoms with E-state index in [1.165, 1.54) is 11.0 Å². The van der Waals surface area contributed by atoms with Gasteiger partial charge < -0.3 is 19.7 Å². The van der Waals surface area contributed by atoms with Crippen molar-refractivity contribution in [3.8, 4) is 5.75 Å². The first-order valence-corrected chi connectivity index (χ1v) is 11.2. The van der Waals surface area contributed by atoms with Crippen molar-refractivity contribution < 1.29 is 45.4 Å². The summed E-state index contributed by atoms with van der Waals surface area (Å²) in [4.78, 5) is 29.5. The van der Waals surface area contributed by atoms with Crippen LogP contribution in [0.1, 0.15) is 49.5 Å². The Morgan fingerprint density at radius 1 is 1.14 bits per heavy atom. The zero-order valence-corrected chi connectivity index (χ0v) is 20.2. The number of amides is 2. The van der Waals surface area contributed by atoms with Crippen LogP contribution in [0.3, 0.4) is 0 Å². The van der Waals surface area contributed by atoms with Gasteiger partial charge >= 0.3 is 18.2 Å². The topological polar surface area (TPSA) is 80.8 Å². The molecule has 0 spiro atoms. The summed E-state index contributed by atoms with van der Waals surface area (Å²) in [5.41, 5.74) is -2.96. The number of nitrogens with one attached hydrogen (secondary N) is 1. The molecule has 37 heavy (non-hydrogen) atoms. The van der Waals surface area contributed by atoms with Crippen LogP contribution in [-0.4, -0.2) is 52.9 Å². The van der Waals surface area contributed by atoms with Gasteiger partial charge in [0.2, 0.25) is 5.95 Å². The van der Waals surface area contributed by atoms with Crippen molar-refractivity contribution in [2.75, 3.05) is 18.5 Å². The molecule has 2 amide bonds. The van der Waals surface area contributed by atoms with E-state index in [0.29, 0.717) is 25.5 Å². The molecule has 1 atom stereocenters. The number of halogens is 6. The summed E-state index contributed by atoms with van der Waals surface area (Å²) in [6, 6.07) is 3.83. The number of hydrogen-bond donors (Lipinski definition) is 1. The van der Waals surface area contributed by atoms with Gasteiger partial charge in [-0.2, -0.15) is 26.3 Å². The highest BCUT2D eigenvalue weighted by atomic mass is 19.4. The summed E-state index contributed by atoms with van der Waals surface area (Å²) in [5, 5.41) is 2.23. The standard InChI is InChI=1S/C24H25F6N3O4/c1-22(2,3)37-21(35)33-11-5-6-15(33)13-36-18-12-14(8-9-17(18)23(26,27)24(28,29)30)32-20(34)16-7-4-10-31-19(16)25/h4,7-10,12,15H,5-6,11,13H2,1-3H3,(H,32,34). The molecule has 7 nitrogen and oxygen atoms in total. The highest BCUT2D eigenvalue weighted by molar-refractivity contribution is 6.04. The summed E-state index contributed by atoms with van der Waals surface area (Å²) in [5.74, 6) is -8.23. The number of carbonyl (C=O) groups is 2. The SMILES string of the molecule is CC(C)(C)OC(=O)N1CCCC1COc1cc(NC(=O)c2cccnc2F)ccc1C(F)(F)C(F)(F)F. The van der Waals surface area contributed by atoms with Crippen molar-refractivity contribution in [1.82, 2.24) is 9.88 Å².